The molecule has 0 saturated heterocycles. The number of hydrogen-bond donors (Lipinski definition) is 3. The Morgan fingerprint density at radius 2 is 2.00 bits per heavy atom. The van der Waals surface area contributed by atoms with E-state index in [1.54, 1.807) is 6.92 Å². The molecule has 0 bridgehead atoms. The van der Waals surface area contributed by atoms with Crippen molar-refractivity contribution in [2.24, 2.45) is 10.8 Å². The van der Waals surface area contributed by atoms with E-state index >= 15 is 0 Å². The van der Waals surface area contributed by atoms with Crippen molar-refractivity contribution in [3.63, 3.8) is 0 Å². The predicted octanol–water partition coefficient (Wildman–Crippen LogP) is 4.37. The van der Waals surface area contributed by atoms with Crippen LogP contribution in [0.4, 0.5) is 11.5 Å². The van der Waals surface area contributed by atoms with E-state index in [0.29, 0.717) is 5.69 Å². The number of carbonyl (C=O) groups excluding carboxylic acids is 1. The van der Waals surface area contributed by atoms with Crippen LogP contribution in [-0.2, 0) is 0 Å². The third-order valence-electron chi connectivity index (χ3n) is 6.15. The predicted molar refractivity (Wildman–Crippen MR) is 122 cm³/mol. The number of hydrogen-bond acceptors (Lipinski definition) is 7. The first-order chi connectivity index (χ1) is 14.5. The number of pyridine rings is 1. The van der Waals surface area contributed by atoms with Gasteiger partial charge in [0.25, 0.3) is 5.91 Å². The molecule has 1 aliphatic carbocycles. The molecule has 8 heteroatoms. The number of rotatable bonds is 6. The zero-order valence-corrected chi connectivity index (χ0v) is 19.8. The van der Waals surface area contributed by atoms with Crippen LogP contribution in [0.3, 0.4) is 0 Å². The lowest BCUT2D eigenvalue weighted by atomic mass is 9.68. The maximum atomic E-state index is 12.7. The topological polar surface area (TPSA) is 105 Å². The van der Waals surface area contributed by atoms with E-state index in [2.05, 4.69) is 73.0 Å². The number of aryl methyl sites for hydroxylation is 1. The zero-order chi connectivity index (χ0) is 22.8. The molecule has 0 aliphatic heterocycles. The average Bonchev–Trinajstić information content (AvgIpc) is 3.13. The molecule has 31 heavy (non-hydrogen) atoms. The van der Waals surface area contributed by atoms with Crippen molar-refractivity contribution in [1.82, 2.24) is 20.6 Å². The number of anilines is 2. The second-order valence-corrected chi connectivity index (χ2v) is 10.5. The van der Waals surface area contributed by atoms with Crippen molar-refractivity contribution in [2.45, 2.75) is 72.8 Å². The summed E-state index contributed by atoms with van der Waals surface area (Å²) in [6.07, 6.45) is 2.86. The van der Waals surface area contributed by atoms with Gasteiger partial charge in [-0.05, 0) is 54.3 Å². The molecule has 3 rings (SSSR count). The third kappa shape index (κ3) is 5.54. The van der Waals surface area contributed by atoms with Gasteiger partial charge >= 0.3 is 0 Å². The molecule has 2 unspecified atom stereocenters. The number of amides is 1. The first-order valence-corrected chi connectivity index (χ1v) is 11.0. The fraction of sp³-hybridized carbons (Fsp3) is 0.652. The Morgan fingerprint density at radius 3 is 2.61 bits per heavy atom. The molecule has 2 aromatic rings. The molecule has 0 aromatic carbocycles. The molecule has 0 spiro atoms. The van der Waals surface area contributed by atoms with E-state index in [9.17, 15) is 4.79 Å². The van der Waals surface area contributed by atoms with Crippen LogP contribution in [0.1, 0.15) is 81.7 Å². The van der Waals surface area contributed by atoms with Gasteiger partial charge in [0.2, 0.25) is 0 Å². The normalized spacial score (nSPS) is 20.9. The second-order valence-electron chi connectivity index (χ2n) is 10.5. The lowest BCUT2D eigenvalue weighted by Crippen LogP contribution is -2.48. The summed E-state index contributed by atoms with van der Waals surface area (Å²) in [5.41, 5.74) is 2.99. The Balaban J connectivity index is 1.75. The number of nitrogens with zero attached hydrogens (tertiary/aromatic N) is 3. The highest BCUT2D eigenvalue weighted by Gasteiger charge is 2.39. The highest BCUT2D eigenvalue weighted by atomic mass is 16.6. The Kier molecular flexibility index (Phi) is 6.57. The van der Waals surface area contributed by atoms with Gasteiger partial charge in [-0.1, -0.05) is 39.8 Å². The molecular weight excluding hydrogens is 392 g/mol. The van der Waals surface area contributed by atoms with E-state index in [0.717, 1.165) is 43.0 Å². The monoisotopic (exact) mass is 428 g/mol. The summed E-state index contributed by atoms with van der Waals surface area (Å²) < 4.78 is 4.69. The van der Waals surface area contributed by atoms with Crippen LogP contribution >= 0.6 is 0 Å². The highest BCUT2D eigenvalue weighted by molar-refractivity contribution is 5.93. The van der Waals surface area contributed by atoms with E-state index < -0.39 is 0 Å². The summed E-state index contributed by atoms with van der Waals surface area (Å²) in [5.74, 6) is 0.901. The van der Waals surface area contributed by atoms with Gasteiger partial charge in [-0.15, -0.1) is 0 Å². The fourth-order valence-electron chi connectivity index (χ4n) is 4.02. The van der Waals surface area contributed by atoms with Crippen LogP contribution in [0.25, 0.3) is 0 Å². The largest absolute Gasteiger partial charge is 0.382 e. The van der Waals surface area contributed by atoms with Crippen LogP contribution in [0.15, 0.2) is 16.8 Å². The molecule has 3 N–H and O–H groups in total. The molecule has 2 heterocycles. The molecule has 8 nitrogen and oxygen atoms in total. The van der Waals surface area contributed by atoms with Gasteiger partial charge in [-0.25, -0.2) is 9.61 Å². The second kappa shape index (κ2) is 8.85. The fourth-order valence-corrected chi connectivity index (χ4v) is 4.02. The molecule has 1 saturated carbocycles. The van der Waals surface area contributed by atoms with Crippen LogP contribution in [-0.4, -0.2) is 40.8 Å². The summed E-state index contributed by atoms with van der Waals surface area (Å²) >= 11 is 0. The van der Waals surface area contributed by atoms with Crippen LogP contribution in [0.5, 0.6) is 0 Å². The highest BCUT2D eigenvalue weighted by Crippen LogP contribution is 2.43. The third-order valence-corrected chi connectivity index (χ3v) is 6.15. The number of carbonyl (C=O) groups is 1. The minimum atomic E-state index is -0.233. The molecule has 2 atom stereocenters. The van der Waals surface area contributed by atoms with Crippen LogP contribution < -0.4 is 16.0 Å². The molecule has 1 aliphatic rings. The van der Waals surface area contributed by atoms with Crippen molar-refractivity contribution < 1.29 is 9.42 Å². The average molecular weight is 429 g/mol. The Labute approximate surface area is 184 Å². The minimum absolute atomic E-state index is 0.00776. The summed E-state index contributed by atoms with van der Waals surface area (Å²) in [6.45, 7) is 13.6. The van der Waals surface area contributed by atoms with Crippen molar-refractivity contribution >= 4 is 17.4 Å². The van der Waals surface area contributed by atoms with Crippen molar-refractivity contribution in [3.8, 4) is 0 Å². The number of nitrogens with one attached hydrogen (secondary N) is 3. The molecule has 1 amide bonds. The standard InChI is InChI=1S/C23H36N6O2/c1-14-19(29-31-28-14)21(30)27-18-12-15(10-11-23(18,5)6)16-8-9-17(20(24-7)26-16)25-13-22(2,3)4/h8-9,15,18,25H,10-13H2,1-7H3,(H,24,26)(H,27,30). The van der Waals surface area contributed by atoms with Gasteiger partial charge in [0, 0.05) is 31.2 Å². The molecular formula is C23H36N6O2. The smallest absolute Gasteiger partial charge is 0.275 e. The van der Waals surface area contributed by atoms with Crippen molar-refractivity contribution in [2.75, 3.05) is 24.2 Å². The van der Waals surface area contributed by atoms with Gasteiger partial charge < -0.3 is 16.0 Å². The molecule has 1 fully saturated rings. The van der Waals surface area contributed by atoms with Crippen molar-refractivity contribution in [1.29, 1.82) is 0 Å². The summed E-state index contributed by atoms with van der Waals surface area (Å²) in [7, 11) is 1.90. The van der Waals surface area contributed by atoms with Gasteiger partial charge in [-0.3, -0.25) is 4.79 Å². The first-order valence-electron chi connectivity index (χ1n) is 11.0. The quantitative estimate of drug-likeness (QED) is 0.627. The van der Waals surface area contributed by atoms with Crippen LogP contribution in [0, 0.1) is 17.8 Å². The number of aromatic nitrogens is 3. The van der Waals surface area contributed by atoms with Crippen molar-refractivity contribution in [3.05, 3.63) is 29.2 Å². The van der Waals surface area contributed by atoms with Gasteiger partial charge in [0.1, 0.15) is 11.5 Å². The van der Waals surface area contributed by atoms with Crippen LogP contribution in [0.2, 0.25) is 0 Å². The summed E-state index contributed by atoms with van der Waals surface area (Å²) in [5, 5.41) is 17.4. The van der Waals surface area contributed by atoms with Gasteiger partial charge in [0.05, 0.1) is 5.69 Å². The first kappa shape index (κ1) is 23.0. The van der Waals surface area contributed by atoms with E-state index in [1.165, 1.54) is 0 Å². The molecule has 0 radical (unpaired) electrons. The maximum Gasteiger partial charge on any atom is 0.275 e. The Bertz CT molecular complexity index is 915. The maximum absolute atomic E-state index is 12.7. The van der Waals surface area contributed by atoms with E-state index in [1.807, 2.05) is 7.05 Å². The lowest BCUT2D eigenvalue weighted by molar-refractivity contribution is 0.0826. The van der Waals surface area contributed by atoms with Gasteiger partial charge in [-0.2, -0.15) is 0 Å². The van der Waals surface area contributed by atoms with E-state index in [-0.39, 0.29) is 34.4 Å². The lowest BCUT2D eigenvalue weighted by Gasteiger charge is -2.42. The summed E-state index contributed by atoms with van der Waals surface area (Å²) in [6, 6.07) is 4.23. The summed E-state index contributed by atoms with van der Waals surface area (Å²) in [4.78, 5) is 17.6. The molecule has 170 valence electrons. The molecule has 2 aromatic heterocycles. The minimum Gasteiger partial charge on any atom is -0.382 e. The zero-order valence-electron chi connectivity index (χ0n) is 19.8. The Hall–Kier alpha value is -2.64. The van der Waals surface area contributed by atoms with Gasteiger partial charge in [0.15, 0.2) is 5.69 Å². The Morgan fingerprint density at radius 1 is 1.26 bits per heavy atom. The van der Waals surface area contributed by atoms with E-state index in [4.69, 9.17) is 9.61 Å². The SMILES string of the molecule is CNc1nc(C2CCC(C)(C)C(NC(=O)c3nonc3C)C2)ccc1NCC(C)(C)C.